The Kier molecular flexibility index (Phi) is 6.03. The Bertz CT molecular complexity index is 1290. The largest absolute Gasteiger partial charge is 0.336 e. The highest BCUT2D eigenvalue weighted by Crippen LogP contribution is 2.35. The SMILES string of the molecule is C(=C\c1ccccc1-c1nnoc1-c1ccccc1/C=C/c1ccccc1)/c1ccccc1. The van der Waals surface area contributed by atoms with E-state index >= 15 is 0 Å². The molecule has 158 valence electrons. The molecule has 4 aromatic carbocycles. The molecule has 33 heavy (non-hydrogen) atoms. The third kappa shape index (κ3) is 4.73. The highest BCUT2D eigenvalue weighted by atomic mass is 16.5. The molecule has 0 atom stereocenters. The van der Waals surface area contributed by atoms with Crippen molar-refractivity contribution in [1.29, 1.82) is 0 Å². The number of aromatic nitrogens is 2. The van der Waals surface area contributed by atoms with Gasteiger partial charge in [-0.3, -0.25) is 0 Å². The lowest BCUT2D eigenvalue weighted by Crippen LogP contribution is -1.88. The van der Waals surface area contributed by atoms with Gasteiger partial charge in [0.15, 0.2) is 5.76 Å². The Balaban J connectivity index is 1.53. The first-order chi connectivity index (χ1) is 16.4. The Morgan fingerprint density at radius 3 is 1.58 bits per heavy atom. The minimum Gasteiger partial charge on any atom is -0.336 e. The Labute approximate surface area is 193 Å². The molecule has 0 fully saturated rings. The minimum atomic E-state index is 0.656. The normalized spacial score (nSPS) is 11.4. The summed E-state index contributed by atoms with van der Waals surface area (Å²) in [7, 11) is 0. The fourth-order valence-corrected chi connectivity index (χ4v) is 3.75. The summed E-state index contributed by atoms with van der Waals surface area (Å²) in [5.41, 5.74) is 7.02. The van der Waals surface area contributed by atoms with E-state index in [9.17, 15) is 0 Å². The van der Waals surface area contributed by atoms with E-state index in [0.29, 0.717) is 5.76 Å². The van der Waals surface area contributed by atoms with Crippen molar-refractivity contribution < 1.29 is 4.52 Å². The van der Waals surface area contributed by atoms with E-state index in [2.05, 4.69) is 77.1 Å². The van der Waals surface area contributed by atoms with Crippen LogP contribution in [0, 0.1) is 0 Å². The van der Waals surface area contributed by atoms with Gasteiger partial charge in [-0.1, -0.05) is 133 Å². The lowest BCUT2D eigenvalue weighted by atomic mass is 9.97. The van der Waals surface area contributed by atoms with Crippen LogP contribution in [0.15, 0.2) is 114 Å². The van der Waals surface area contributed by atoms with Crippen molar-refractivity contribution in [2.75, 3.05) is 0 Å². The van der Waals surface area contributed by atoms with Gasteiger partial charge in [-0.05, 0) is 22.3 Å². The van der Waals surface area contributed by atoms with Crippen LogP contribution in [-0.4, -0.2) is 10.4 Å². The van der Waals surface area contributed by atoms with Crippen LogP contribution in [-0.2, 0) is 0 Å². The summed E-state index contributed by atoms with van der Waals surface area (Å²) in [6.45, 7) is 0. The summed E-state index contributed by atoms with van der Waals surface area (Å²) in [5.74, 6) is 0.656. The zero-order valence-electron chi connectivity index (χ0n) is 18.0. The van der Waals surface area contributed by atoms with Crippen molar-refractivity contribution in [1.82, 2.24) is 10.4 Å². The van der Waals surface area contributed by atoms with Gasteiger partial charge in [-0.15, -0.1) is 5.10 Å². The van der Waals surface area contributed by atoms with E-state index in [1.807, 2.05) is 66.7 Å². The maximum Gasteiger partial charge on any atom is 0.195 e. The third-order valence-corrected chi connectivity index (χ3v) is 5.42. The van der Waals surface area contributed by atoms with Crippen LogP contribution in [0.2, 0.25) is 0 Å². The molecule has 0 spiro atoms. The van der Waals surface area contributed by atoms with Gasteiger partial charge in [0.1, 0.15) is 5.69 Å². The molecule has 5 rings (SSSR count). The fraction of sp³-hybridized carbons (Fsp3) is 0. The molecule has 0 bridgehead atoms. The number of hydrogen-bond donors (Lipinski definition) is 0. The highest BCUT2D eigenvalue weighted by molar-refractivity contribution is 5.88. The third-order valence-electron chi connectivity index (χ3n) is 5.42. The second kappa shape index (κ2) is 9.75. The van der Waals surface area contributed by atoms with Crippen molar-refractivity contribution in [2.45, 2.75) is 0 Å². The second-order valence-electron chi connectivity index (χ2n) is 7.61. The van der Waals surface area contributed by atoms with Crippen LogP contribution in [0.3, 0.4) is 0 Å². The average molecular weight is 427 g/mol. The number of hydrogen-bond acceptors (Lipinski definition) is 3. The first kappa shape index (κ1) is 20.4. The van der Waals surface area contributed by atoms with Crippen LogP contribution in [0.5, 0.6) is 0 Å². The van der Waals surface area contributed by atoms with Gasteiger partial charge in [0.05, 0.1) is 0 Å². The van der Waals surface area contributed by atoms with E-state index in [-0.39, 0.29) is 0 Å². The van der Waals surface area contributed by atoms with Crippen molar-refractivity contribution >= 4 is 24.3 Å². The molecule has 3 heteroatoms. The molecule has 5 aromatic rings. The summed E-state index contributed by atoms with van der Waals surface area (Å²) in [6, 6.07) is 36.8. The quantitative estimate of drug-likeness (QED) is 0.261. The average Bonchev–Trinajstić information content (AvgIpc) is 3.37. The number of nitrogens with zero attached hydrogens (tertiary/aromatic N) is 2. The van der Waals surface area contributed by atoms with Gasteiger partial charge < -0.3 is 4.52 Å². The Hall–Kier alpha value is -4.50. The first-order valence-corrected chi connectivity index (χ1v) is 10.9. The van der Waals surface area contributed by atoms with Gasteiger partial charge >= 0.3 is 0 Å². The van der Waals surface area contributed by atoms with Gasteiger partial charge in [-0.25, -0.2) is 0 Å². The molecule has 0 amide bonds. The smallest absolute Gasteiger partial charge is 0.195 e. The summed E-state index contributed by atoms with van der Waals surface area (Å²) >= 11 is 0. The predicted octanol–water partition coefficient (Wildman–Crippen LogP) is 7.74. The van der Waals surface area contributed by atoms with E-state index in [0.717, 1.165) is 39.1 Å². The van der Waals surface area contributed by atoms with Crippen LogP contribution in [0.1, 0.15) is 22.3 Å². The van der Waals surface area contributed by atoms with Crippen molar-refractivity contribution in [3.05, 3.63) is 131 Å². The lowest BCUT2D eigenvalue weighted by molar-refractivity contribution is 0.403. The van der Waals surface area contributed by atoms with E-state index in [1.165, 1.54) is 0 Å². The van der Waals surface area contributed by atoms with Crippen LogP contribution in [0.25, 0.3) is 46.9 Å². The Morgan fingerprint density at radius 1 is 0.485 bits per heavy atom. The topological polar surface area (TPSA) is 38.9 Å². The standard InChI is InChI=1S/C30H22N2O/c1-3-11-23(12-4-1)19-21-25-15-7-9-17-27(25)29-30(33-32-31-29)28-18-10-8-16-26(28)22-20-24-13-5-2-6-14-24/h1-22H/b21-19+,22-20+. The first-order valence-electron chi connectivity index (χ1n) is 10.9. The van der Waals surface area contributed by atoms with Crippen LogP contribution in [0.4, 0.5) is 0 Å². The molecule has 1 heterocycles. The summed E-state index contributed by atoms with van der Waals surface area (Å²) < 4.78 is 5.70. The monoisotopic (exact) mass is 426 g/mol. The predicted molar refractivity (Wildman–Crippen MR) is 136 cm³/mol. The Morgan fingerprint density at radius 2 is 0.970 bits per heavy atom. The maximum absolute atomic E-state index is 5.70. The van der Waals surface area contributed by atoms with E-state index in [1.54, 1.807) is 0 Å². The lowest BCUT2D eigenvalue weighted by Gasteiger charge is -2.07. The summed E-state index contributed by atoms with van der Waals surface area (Å²) in [5, 5.41) is 8.28. The van der Waals surface area contributed by atoms with Crippen molar-refractivity contribution in [3.8, 4) is 22.6 Å². The van der Waals surface area contributed by atoms with Crippen molar-refractivity contribution in [3.63, 3.8) is 0 Å². The molecule has 0 saturated carbocycles. The van der Waals surface area contributed by atoms with E-state index < -0.39 is 0 Å². The van der Waals surface area contributed by atoms with Gasteiger partial charge in [-0.2, -0.15) is 0 Å². The fourth-order valence-electron chi connectivity index (χ4n) is 3.75. The number of rotatable bonds is 6. The molecular weight excluding hydrogens is 404 g/mol. The van der Waals surface area contributed by atoms with E-state index in [4.69, 9.17) is 4.52 Å². The summed E-state index contributed by atoms with van der Waals surface area (Å²) in [4.78, 5) is 0. The molecule has 0 unspecified atom stereocenters. The molecule has 0 radical (unpaired) electrons. The molecule has 0 N–H and O–H groups in total. The van der Waals surface area contributed by atoms with Gasteiger partial charge in [0.2, 0.25) is 0 Å². The second-order valence-corrected chi connectivity index (χ2v) is 7.61. The van der Waals surface area contributed by atoms with Gasteiger partial charge in [0.25, 0.3) is 0 Å². The summed E-state index contributed by atoms with van der Waals surface area (Å²) in [6.07, 6.45) is 8.39. The molecule has 0 aliphatic carbocycles. The molecular formula is C30H22N2O. The zero-order chi connectivity index (χ0) is 22.3. The molecule has 0 aliphatic heterocycles. The molecule has 0 aliphatic rings. The van der Waals surface area contributed by atoms with Gasteiger partial charge in [0, 0.05) is 16.4 Å². The molecule has 3 nitrogen and oxygen atoms in total. The van der Waals surface area contributed by atoms with Crippen LogP contribution >= 0.6 is 0 Å². The maximum atomic E-state index is 5.70. The van der Waals surface area contributed by atoms with Crippen molar-refractivity contribution in [2.24, 2.45) is 0 Å². The molecule has 0 saturated heterocycles. The minimum absolute atomic E-state index is 0.656. The van der Waals surface area contributed by atoms with Crippen LogP contribution < -0.4 is 0 Å². The number of benzene rings is 4. The molecule has 1 aromatic heterocycles. The zero-order valence-corrected chi connectivity index (χ0v) is 18.0. The highest BCUT2D eigenvalue weighted by Gasteiger charge is 2.18.